The summed E-state index contributed by atoms with van der Waals surface area (Å²) in [6, 6.07) is 8.99. The van der Waals surface area contributed by atoms with Gasteiger partial charge in [0.2, 0.25) is 0 Å². The van der Waals surface area contributed by atoms with E-state index >= 15 is 0 Å². The Hall–Kier alpha value is -2.67. The van der Waals surface area contributed by atoms with E-state index in [0.717, 1.165) is 0 Å². The van der Waals surface area contributed by atoms with Crippen LogP contribution < -0.4 is 10.6 Å². The molecule has 7 heteroatoms. The standard InChI is InChI=1S/C15H16FN3O3/c1-19-8-4-7-12(19)13(20)9-17-14(21)15(22)18-11-6-3-2-5-10(11)16/h2-8,13,20H,9H2,1H3,(H,17,21)(H,18,22). The van der Waals surface area contributed by atoms with Crippen LogP contribution in [0.15, 0.2) is 42.6 Å². The van der Waals surface area contributed by atoms with Crippen molar-refractivity contribution < 1.29 is 19.1 Å². The molecule has 0 fully saturated rings. The molecular formula is C15H16FN3O3. The van der Waals surface area contributed by atoms with Gasteiger partial charge in [-0.1, -0.05) is 12.1 Å². The van der Waals surface area contributed by atoms with Crippen molar-refractivity contribution in [2.45, 2.75) is 6.10 Å². The van der Waals surface area contributed by atoms with Gasteiger partial charge in [0.05, 0.1) is 5.69 Å². The number of carbonyl (C=O) groups is 2. The summed E-state index contributed by atoms with van der Waals surface area (Å²) >= 11 is 0. The molecule has 2 aromatic rings. The fraction of sp³-hybridized carbons (Fsp3) is 0.200. The molecule has 116 valence electrons. The highest BCUT2D eigenvalue weighted by Crippen LogP contribution is 2.13. The second-order valence-corrected chi connectivity index (χ2v) is 4.70. The zero-order valence-electron chi connectivity index (χ0n) is 11.9. The average Bonchev–Trinajstić information content (AvgIpc) is 2.93. The van der Waals surface area contributed by atoms with Crippen LogP contribution in [0.4, 0.5) is 10.1 Å². The first-order valence-corrected chi connectivity index (χ1v) is 6.62. The maximum atomic E-state index is 13.4. The number of aromatic nitrogens is 1. The topological polar surface area (TPSA) is 83.4 Å². The molecule has 0 bridgehead atoms. The molecule has 0 aliphatic rings. The molecule has 0 saturated carbocycles. The van der Waals surface area contributed by atoms with Gasteiger partial charge in [0.25, 0.3) is 0 Å². The molecule has 1 heterocycles. The summed E-state index contributed by atoms with van der Waals surface area (Å²) in [6.45, 7) is -0.124. The van der Waals surface area contributed by atoms with Crippen LogP contribution in [0.3, 0.4) is 0 Å². The summed E-state index contributed by atoms with van der Waals surface area (Å²) in [6.07, 6.45) is 0.816. The SMILES string of the molecule is Cn1cccc1C(O)CNC(=O)C(=O)Nc1ccccc1F. The molecule has 1 aromatic heterocycles. The van der Waals surface area contributed by atoms with Crippen LogP contribution >= 0.6 is 0 Å². The Morgan fingerprint density at radius 2 is 1.95 bits per heavy atom. The Labute approximate surface area is 126 Å². The molecule has 2 rings (SSSR count). The number of anilines is 1. The van der Waals surface area contributed by atoms with Crippen LogP contribution in [-0.2, 0) is 16.6 Å². The van der Waals surface area contributed by atoms with Gasteiger partial charge in [0.15, 0.2) is 0 Å². The van der Waals surface area contributed by atoms with Gasteiger partial charge in [-0.25, -0.2) is 4.39 Å². The summed E-state index contributed by atoms with van der Waals surface area (Å²) in [5.74, 6) is -2.58. The van der Waals surface area contributed by atoms with Crippen LogP contribution in [0.2, 0.25) is 0 Å². The Morgan fingerprint density at radius 1 is 1.23 bits per heavy atom. The van der Waals surface area contributed by atoms with E-state index in [-0.39, 0.29) is 12.2 Å². The number of hydrogen-bond donors (Lipinski definition) is 3. The number of aliphatic hydroxyl groups excluding tert-OH is 1. The molecule has 0 radical (unpaired) electrons. The average molecular weight is 305 g/mol. The Morgan fingerprint density at radius 3 is 2.59 bits per heavy atom. The Kier molecular flexibility index (Phi) is 4.90. The quantitative estimate of drug-likeness (QED) is 0.736. The highest BCUT2D eigenvalue weighted by Gasteiger charge is 2.18. The number of benzene rings is 1. The number of rotatable bonds is 4. The molecule has 22 heavy (non-hydrogen) atoms. The lowest BCUT2D eigenvalue weighted by Crippen LogP contribution is -2.38. The molecular weight excluding hydrogens is 289 g/mol. The zero-order chi connectivity index (χ0) is 16.1. The van der Waals surface area contributed by atoms with Crippen molar-refractivity contribution in [1.82, 2.24) is 9.88 Å². The van der Waals surface area contributed by atoms with E-state index in [2.05, 4.69) is 10.6 Å². The highest BCUT2D eigenvalue weighted by molar-refractivity contribution is 6.39. The minimum absolute atomic E-state index is 0.0781. The number of nitrogens with one attached hydrogen (secondary N) is 2. The van der Waals surface area contributed by atoms with Crippen LogP contribution in [-0.4, -0.2) is 28.0 Å². The van der Waals surface area contributed by atoms with E-state index in [1.165, 1.54) is 24.3 Å². The number of aryl methyl sites for hydroxylation is 1. The molecule has 0 saturated heterocycles. The minimum atomic E-state index is -0.996. The second-order valence-electron chi connectivity index (χ2n) is 4.70. The van der Waals surface area contributed by atoms with E-state index in [4.69, 9.17) is 0 Å². The van der Waals surface area contributed by atoms with E-state index < -0.39 is 23.7 Å². The van der Waals surface area contributed by atoms with Gasteiger partial charge >= 0.3 is 11.8 Å². The third kappa shape index (κ3) is 3.70. The maximum absolute atomic E-state index is 13.4. The van der Waals surface area contributed by atoms with Crippen molar-refractivity contribution in [2.24, 2.45) is 7.05 Å². The normalized spacial score (nSPS) is 11.8. The summed E-state index contributed by atoms with van der Waals surface area (Å²) in [4.78, 5) is 23.3. The molecule has 0 aliphatic heterocycles. The first-order valence-electron chi connectivity index (χ1n) is 6.62. The number of para-hydroxylation sites is 1. The first-order chi connectivity index (χ1) is 10.5. The Bertz CT molecular complexity index is 684. The molecule has 0 aliphatic carbocycles. The zero-order valence-corrected chi connectivity index (χ0v) is 11.9. The Balaban J connectivity index is 1.88. The summed E-state index contributed by atoms with van der Waals surface area (Å²) in [5, 5.41) is 14.4. The van der Waals surface area contributed by atoms with Crippen molar-refractivity contribution in [3.05, 3.63) is 54.1 Å². The minimum Gasteiger partial charge on any atom is -0.385 e. The molecule has 1 atom stereocenters. The molecule has 1 aromatic carbocycles. The summed E-state index contributed by atoms with van der Waals surface area (Å²) in [5.41, 5.74) is 0.528. The van der Waals surface area contributed by atoms with Crippen molar-refractivity contribution in [3.63, 3.8) is 0 Å². The molecule has 1 unspecified atom stereocenters. The fourth-order valence-corrected chi connectivity index (χ4v) is 1.94. The molecule has 2 amide bonds. The molecule has 3 N–H and O–H groups in total. The van der Waals surface area contributed by atoms with E-state index in [9.17, 15) is 19.1 Å². The lowest BCUT2D eigenvalue weighted by atomic mass is 10.2. The van der Waals surface area contributed by atoms with Crippen molar-refractivity contribution in [1.29, 1.82) is 0 Å². The van der Waals surface area contributed by atoms with Gasteiger partial charge in [0.1, 0.15) is 11.9 Å². The van der Waals surface area contributed by atoms with Crippen LogP contribution in [0, 0.1) is 5.82 Å². The molecule has 0 spiro atoms. The number of nitrogens with zero attached hydrogens (tertiary/aromatic N) is 1. The van der Waals surface area contributed by atoms with Gasteiger partial charge in [-0.3, -0.25) is 9.59 Å². The number of amides is 2. The van der Waals surface area contributed by atoms with Crippen LogP contribution in [0.1, 0.15) is 11.8 Å². The van der Waals surface area contributed by atoms with E-state index in [1.807, 2.05) is 0 Å². The lowest BCUT2D eigenvalue weighted by Gasteiger charge is -2.13. The van der Waals surface area contributed by atoms with Gasteiger partial charge in [0, 0.05) is 25.5 Å². The highest BCUT2D eigenvalue weighted by atomic mass is 19.1. The number of hydrogen-bond acceptors (Lipinski definition) is 3. The predicted octanol–water partition coefficient (Wildman–Crippen LogP) is 0.952. The number of aliphatic hydroxyl groups is 1. The lowest BCUT2D eigenvalue weighted by molar-refractivity contribution is -0.136. The van der Waals surface area contributed by atoms with Gasteiger partial charge in [-0.05, 0) is 24.3 Å². The van der Waals surface area contributed by atoms with Crippen LogP contribution in [0.5, 0.6) is 0 Å². The van der Waals surface area contributed by atoms with Gasteiger partial charge in [-0.2, -0.15) is 0 Å². The summed E-state index contributed by atoms with van der Waals surface area (Å²) in [7, 11) is 1.76. The number of halogens is 1. The third-order valence-electron chi connectivity index (χ3n) is 3.11. The van der Waals surface area contributed by atoms with Crippen LogP contribution in [0.25, 0.3) is 0 Å². The van der Waals surface area contributed by atoms with Crippen molar-refractivity contribution >= 4 is 17.5 Å². The van der Waals surface area contributed by atoms with Crippen molar-refractivity contribution in [2.75, 3.05) is 11.9 Å². The van der Waals surface area contributed by atoms with Crippen molar-refractivity contribution in [3.8, 4) is 0 Å². The predicted molar refractivity (Wildman–Crippen MR) is 78.4 cm³/mol. The monoisotopic (exact) mass is 305 g/mol. The molecule has 6 nitrogen and oxygen atoms in total. The number of carbonyl (C=O) groups excluding carboxylic acids is 2. The fourth-order valence-electron chi connectivity index (χ4n) is 1.94. The van der Waals surface area contributed by atoms with Gasteiger partial charge in [-0.15, -0.1) is 0 Å². The maximum Gasteiger partial charge on any atom is 0.313 e. The second kappa shape index (κ2) is 6.86. The largest absolute Gasteiger partial charge is 0.385 e. The van der Waals surface area contributed by atoms with Gasteiger partial charge < -0.3 is 20.3 Å². The summed E-state index contributed by atoms with van der Waals surface area (Å²) < 4.78 is 15.1. The van der Waals surface area contributed by atoms with E-state index in [0.29, 0.717) is 5.69 Å². The first kappa shape index (κ1) is 15.7. The third-order valence-corrected chi connectivity index (χ3v) is 3.11. The smallest absolute Gasteiger partial charge is 0.313 e. The van der Waals surface area contributed by atoms with E-state index in [1.54, 1.807) is 29.9 Å².